The predicted molar refractivity (Wildman–Crippen MR) is 91.3 cm³/mol. The van der Waals surface area contributed by atoms with Gasteiger partial charge in [0, 0.05) is 23.5 Å². The van der Waals surface area contributed by atoms with Crippen LogP contribution in [-0.4, -0.2) is 23.8 Å². The highest BCUT2D eigenvalue weighted by Crippen LogP contribution is 2.39. The molecule has 0 saturated heterocycles. The van der Waals surface area contributed by atoms with Gasteiger partial charge in [-0.15, -0.1) is 11.3 Å². The van der Waals surface area contributed by atoms with Gasteiger partial charge < -0.3 is 15.4 Å². The third kappa shape index (κ3) is 4.99. The molecule has 1 amide bonds. The zero-order valence-corrected chi connectivity index (χ0v) is 15.1. The fourth-order valence-corrected chi connectivity index (χ4v) is 3.35. The first kappa shape index (κ1) is 17.3. The lowest BCUT2D eigenvalue weighted by molar-refractivity contribution is 0.0507. The van der Waals surface area contributed by atoms with E-state index in [0.717, 1.165) is 6.54 Å². The molecule has 0 aliphatic heterocycles. The molecule has 0 spiro atoms. The van der Waals surface area contributed by atoms with Gasteiger partial charge in [0.1, 0.15) is 5.60 Å². The van der Waals surface area contributed by atoms with Crippen molar-refractivity contribution >= 4 is 17.4 Å². The molecular formula is C17H28N2O2S. The van der Waals surface area contributed by atoms with Crippen LogP contribution < -0.4 is 10.6 Å². The number of aryl methyl sites for hydroxylation is 1. The molecule has 124 valence electrons. The van der Waals surface area contributed by atoms with Crippen LogP contribution in [0.4, 0.5) is 4.79 Å². The quantitative estimate of drug-likeness (QED) is 0.836. The Labute approximate surface area is 137 Å². The molecule has 1 saturated carbocycles. The molecule has 2 N–H and O–H groups in total. The lowest BCUT2D eigenvalue weighted by Gasteiger charge is -2.32. The third-order valence-corrected chi connectivity index (χ3v) is 5.12. The fourth-order valence-electron chi connectivity index (χ4n) is 2.51. The van der Waals surface area contributed by atoms with E-state index in [9.17, 15) is 4.79 Å². The zero-order chi connectivity index (χ0) is 16.4. The van der Waals surface area contributed by atoms with E-state index in [1.807, 2.05) is 20.8 Å². The second-order valence-corrected chi connectivity index (χ2v) is 8.43. The van der Waals surface area contributed by atoms with E-state index in [1.165, 1.54) is 23.3 Å². The van der Waals surface area contributed by atoms with Crippen LogP contribution in [0.3, 0.4) is 0 Å². The summed E-state index contributed by atoms with van der Waals surface area (Å²) < 4.78 is 5.33. The summed E-state index contributed by atoms with van der Waals surface area (Å²) >= 11 is 1.78. The highest BCUT2D eigenvalue weighted by atomic mass is 32.1. The van der Waals surface area contributed by atoms with Crippen LogP contribution in [0.15, 0.2) is 11.4 Å². The van der Waals surface area contributed by atoms with Gasteiger partial charge in [0.05, 0.1) is 0 Å². The summed E-state index contributed by atoms with van der Waals surface area (Å²) in [5.41, 5.74) is 0.797. The van der Waals surface area contributed by atoms with Crippen LogP contribution in [0.5, 0.6) is 0 Å². The number of alkyl carbamates (subject to hydrolysis) is 1. The maximum atomic E-state index is 11.9. The van der Waals surface area contributed by atoms with E-state index in [4.69, 9.17) is 4.74 Å². The Bertz CT molecular complexity index is 517. The minimum atomic E-state index is -0.457. The van der Waals surface area contributed by atoms with Crippen molar-refractivity contribution in [3.05, 3.63) is 21.9 Å². The number of carbonyl (C=O) groups excluding carboxylic acids is 1. The lowest BCUT2D eigenvalue weighted by Crippen LogP contribution is -2.53. The Kier molecular flexibility index (Phi) is 5.17. The van der Waals surface area contributed by atoms with Crippen LogP contribution in [0.25, 0.3) is 0 Å². The zero-order valence-electron chi connectivity index (χ0n) is 14.3. The van der Waals surface area contributed by atoms with Gasteiger partial charge in [0.25, 0.3) is 0 Å². The van der Waals surface area contributed by atoms with E-state index in [2.05, 4.69) is 35.9 Å². The van der Waals surface area contributed by atoms with Crippen molar-refractivity contribution in [2.75, 3.05) is 6.54 Å². The van der Waals surface area contributed by atoms with Crippen molar-refractivity contribution in [1.29, 1.82) is 0 Å². The van der Waals surface area contributed by atoms with Gasteiger partial charge in [-0.2, -0.15) is 0 Å². The summed E-state index contributed by atoms with van der Waals surface area (Å²) in [5, 5.41) is 8.71. The fraction of sp³-hybridized carbons (Fsp3) is 0.706. The van der Waals surface area contributed by atoms with E-state index in [1.54, 1.807) is 11.3 Å². The number of rotatable bonds is 6. The van der Waals surface area contributed by atoms with Crippen molar-refractivity contribution in [3.63, 3.8) is 0 Å². The molecular weight excluding hydrogens is 296 g/mol. The average molecular weight is 324 g/mol. The molecule has 1 unspecified atom stereocenters. The first-order valence-electron chi connectivity index (χ1n) is 7.94. The van der Waals surface area contributed by atoms with Crippen LogP contribution in [-0.2, 0) is 11.3 Å². The van der Waals surface area contributed by atoms with Gasteiger partial charge in [0.2, 0.25) is 0 Å². The number of ether oxygens (including phenoxy) is 1. The second-order valence-electron chi connectivity index (χ2n) is 7.43. The third-order valence-electron chi connectivity index (χ3n) is 4.10. The van der Waals surface area contributed by atoms with Gasteiger partial charge in [0.15, 0.2) is 0 Å². The topological polar surface area (TPSA) is 50.4 Å². The smallest absolute Gasteiger partial charge is 0.407 e. The summed E-state index contributed by atoms with van der Waals surface area (Å²) in [6.07, 6.45) is 2.11. The molecule has 2 rings (SSSR count). The second kappa shape index (κ2) is 6.59. The van der Waals surface area contributed by atoms with E-state index in [0.29, 0.717) is 12.5 Å². The number of hydrogen-bond donors (Lipinski definition) is 2. The van der Waals surface area contributed by atoms with Crippen molar-refractivity contribution < 1.29 is 9.53 Å². The van der Waals surface area contributed by atoms with Gasteiger partial charge in [-0.1, -0.05) is 0 Å². The van der Waals surface area contributed by atoms with E-state index in [-0.39, 0.29) is 11.6 Å². The minimum Gasteiger partial charge on any atom is -0.444 e. The Morgan fingerprint density at radius 2 is 2.05 bits per heavy atom. The predicted octanol–water partition coefficient (Wildman–Crippen LogP) is 3.84. The molecule has 1 aromatic rings. The van der Waals surface area contributed by atoms with Gasteiger partial charge >= 0.3 is 6.09 Å². The molecule has 1 atom stereocenters. The molecule has 22 heavy (non-hydrogen) atoms. The molecule has 4 nitrogen and oxygen atoms in total. The summed E-state index contributed by atoms with van der Waals surface area (Å²) in [7, 11) is 0. The molecule has 0 aromatic carbocycles. The van der Waals surface area contributed by atoms with Crippen molar-refractivity contribution in [3.8, 4) is 0 Å². The van der Waals surface area contributed by atoms with E-state index >= 15 is 0 Å². The monoisotopic (exact) mass is 324 g/mol. The molecule has 1 heterocycles. The molecule has 1 aliphatic carbocycles. The van der Waals surface area contributed by atoms with Crippen LogP contribution in [0.2, 0.25) is 0 Å². The Balaban J connectivity index is 1.88. The van der Waals surface area contributed by atoms with Crippen molar-refractivity contribution in [2.45, 2.75) is 65.1 Å². The number of hydrogen-bond acceptors (Lipinski definition) is 4. The number of amides is 1. The van der Waals surface area contributed by atoms with Gasteiger partial charge in [-0.25, -0.2) is 4.79 Å². The summed E-state index contributed by atoms with van der Waals surface area (Å²) in [6, 6.07) is 2.15. The summed E-state index contributed by atoms with van der Waals surface area (Å²) in [5.74, 6) is 0.628. The molecule has 0 radical (unpaired) electrons. The van der Waals surface area contributed by atoms with Crippen molar-refractivity contribution in [2.24, 2.45) is 5.92 Å². The van der Waals surface area contributed by atoms with Crippen LogP contribution in [0.1, 0.15) is 51.0 Å². The number of thiophene rings is 1. The average Bonchev–Trinajstić information content (AvgIpc) is 3.17. The molecule has 1 fully saturated rings. The van der Waals surface area contributed by atoms with E-state index < -0.39 is 5.60 Å². The molecule has 0 bridgehead atoms. The summed E-state index contributed by atoms with van der Waals surface area (Å²) in [4.78, 5) is 13.2. The Morgan fingerprint density at radius 3 is 2.55 bits per heavy atom. The normalized spacial score (nSPS) is 17.9. The maximum Gasteiger partial charge on any atom is 0.407 e. The number of carbonyl (C=O) groups is 1. The highest BCUT2D eigenvalue weighted by Gasteiger charge is 2.41. The maximum absolute atomic E-state index is 11.9. The molecule has 5 heteroatoms. The first-order chi connectivity index (χ1) is 10.2. The first-order valence-corrected chi connectivity index (χ1v) is 8.82. The Morgan fingerprint density at radius 1 is 1.36 bits per heavy atom. The number of nitrogens with one attached hydrogen (secondary N) is 2. The highest BCUT2D eigenvalue weighted by molar-refractivity contribution is 7.10. The SMILES string of the molecule is Cc1ccsc1CNC(C)(CNC(=O)OC(C)(C)C)C1CC1. The Hall–Kier alpha value is -1.07. The van der Waals surface area contributed by atoms with Crippen LogP contribution >= 0.6 is 11.3 Å². The molecule has 1 aliphatic rings. The summed E-state index contributed by atoms with van der Waals surface area (Å²) in [6.45, 7) is 11.4. The lowest BCUT2D eigenvalue weighted by atomic mass is 9.95. The van der Waals surface area contributed by atoms with Crippen molar-refractivity contribution in [1.82, 2.24) is 10.6 Å². The van der Waals surface area contributed by atoms with Gasteiger partial charge in [-0.3, -0.25) is 0 Å². The standard InChI is InChI=1S/C17H28N2O2S/c1-12-8-9-22-14(12)10-19-17(5,13-6-7-13)11-18-15(20)21-16(2,3)4/h8-9,13,19H,6-7,10-11H2,1-5H3,(H,18,20). The van der Waals surface area contributed by atoms with Gasteiger partial charge in [-0.05, 0) is 70.4 Å². The molecule has 1 aromatic heterocycles. The largest absolute Gasteiger partial charge is 0.444 e. The minimum absolute atomic E-state index is 0.0761. The van der Waals surface area contributed by atoms with Crippen LogP contribution in [0, 0.1) is 12.8 Å².